The monoisotopic (exact) mass is 210 g/mol. The molecule has 12 heavy (non-hydrogen) atoms. The summed E-state index contributed by atoms with van der Waals surface area (Å²) in [5, 5.41) is 21.0. The number of hydrogen-bond acceptors (Lipinski definition) is 3. The molecule has 3 nitrogen and oxygen atoms in total. The predicted molar refractivity (Wildman–Crippen MR) is 47.3 cm³/mol. The molecule has 0 aromatic heterocycles. The maximum Gasteiger partial charge on any atom is 0.0319 e. The van der Waals surface area contributed by atoms with E-state index in [1.165, 1.54) is 0 Å². The van der Waals surface area contributed by atoms with Crippen molar-refractivity contribution in [1.82, 2.24) is 0 Å². The fraction of sp³-hybridized carbons (Fsp3) is 0.500. The molecule has 0 spiro atoms. The Labute approximate surface area is 89.3 Å². The van der Waals surface area contributed by atoms with Gasteiger partial charge in [-0.05, 0) is 6.42 Å². The van der Waals surface area contributed by atoms with Crippen LogP contribution in [0.25, 0.3) is 0 Å². The summed E-state index contributed by atoms with van der Waals surface area (Å²) < 4.78 is 0. The molecule has 1 rings (SSSR count). The van der Waals surface area contributed by atoms with E-state index >= 15 is 0 Å². The second-order valence-electron chi connectivity index (χ2n) is 1.09. The maximum atomic E-state index is 7.00. The zero-order valence-electron chi connectivity index (χ0n) is 7.86. The molecule has 72 valence electrons. The van der Waals surface area contributed by atoms with Crippen LogP contribution in [-0.2, 0) is 21.7 Å². The van der Waals surface area contributed by atoms with Crippen LogP contribution in [0.4, 0.5) is 0 Å². The second-order valence-corrected chi connectivity index (χ2v) is 1.09. The maximum absolute atomic E-state index is 7.00. The van der Waals surface area contributed by atoms with Gasteiger partial charge in [-0.2, -0.15) is 0 Å². The minimum Gasteiger partial charge on any atom is -0.400 e. The van der Waals surface area contributed by atoms with Crippen LogP contribution in [0.2, 0.25) is 0 Å². The molecule has 0 fully saturated rings. The van der Waals surface area contributed by atoms with Gasteiger partial charge in [0.25, 0.3) is 0 Å². The van der Waals surface area contributed by atoms with Crippen molar-refractivity contribution in [3.8, 4) is 0 Å². The van der Waals surface area contributed by atoms with Crippen LogP contribution >= 0.6 is 0 Å². The van der Waals surface area contributed by atoms with Gasteiger partial charge in [0.2, 0.25) is 0 Å². The van der Waals surface area contributed by atoms with E-state index in [2.05, 4.69) is 24.3 Å². The van der Waals surface area contributed by atoms with Gasteiger partial charge in [-0.3, -0.25) is 0 Å². The Bertz CT molecular complexity index is 72.4. The van der Waals surface area contributed by atoms with Crippen molar-refractivity contribution in [2.45, 2.75) is 6.42 Å². The molecule has 0 aliphatic heterocycles. The van der Waals surface area contributed by atoms with E-state index in [9.17, 15) is 0 Å². The smallest absolute Gasteiger partial charge is 0.0319 e. The summed E-state index contributed by atoms with van der Waals surface area (Å²) in [6.07, 6.45) is 9.50. The van der Waals surface area contributed by atoms with Gasteiger partial charge in [0, 0.05) is 43.0 Å². The summed E-state index contributed by atoms with van der Waals surface area (Å²) in [6.45, 7) is 0. The molecule has 0 atom stereocenters. The van der Waals surface area contributed by atoms with Crippen LogP contribution in [0, 0.1) is 0 Å². The quantitative estimate of drug-likeness (QED) is 0.505. The summed E-state index contributed by atoms with van der Waals surface area (Å²) in [6, 6.07) is 0. The molecule has 0 unspecified atom stereocenters. The van der Waals surface area contributed by atoms with Gasteiger partial charge in [0.15, 0.2) is 0 Å². The fourth-order valence-corrected chi connectivity index (χ4v) is 0.393. The number of aliphatic hydroxyl groups excluding tert-OH is 3. The van der Waals surface area contributed by atoms with Gasteiger partial charge in [-0.15, -0.1) is 0 Å². The van der Waals surface area contributed by atoms with E-state index in [0.29, 0.717) is 0 Å². The zero-order chi connectivity index (χ0) is 9.54. The Hall–Kier alpha value is 0.0743. The zero-order valence-corrected chi connectivity index (χ0v) is 9.42. The average molecular weight is 210 g/mol. The number of allylic oxidation sites excluding steroid dienone is 4. The summed E-state index contributed by atoms with van der Waals surface area (Å²) in [5.41, 5.74) is 0. The van der Waals surface area contributed by atoms with Crippen LogP contribution < -0.4 is 0 Å². The Morgan fingerprint density at radius 3 is 1.08 bits per heavy atom. The molecule has 0 aromatic rings. The van der Waals surface area contributed by atoms with E-state index in [-0.39, 0.29) is 21.7 Å². The molecule has 0 amide bonds. The van der Waals surface area contributed by atoms with E-state index < -0.39 is 0 Å². The SMILES string of the molecule is C1=CCC=C1.CO.CO.CO.[Ti]. The summed E-state index contributed by atoms with van der Waals surface area (Å²) in [7, 11) is 3.00. The van der Waals surface area contributed by atoms with E-state index in [1.54, 1.807) is 0 Å². The van der Waals surface area contributed by atoms with Crippen LogP contribution in [0.15, 0.2) is 24.3 Å². The molecule has 0 heterocycles. The average Bonchev–Trinajstić information content (AvgIpc) is 2.71. The van der Waals surface area contributed by atoms with E-state index in [0.717, 1.165) is 27.8 Å². The van der Waals surface area contributed by atoms with Gasteiger partial charge in [-0.25, -0.2) is 0 Å². The molecular formula is C8H18O3Ti. The molecule has 1 aliphatic rings. The summed E-state index contributed by atoms with van der Waals surface area (Å²) >= 11 is 0. The van der Waals surface area contributed by atoms with E-state index in [1.807, 2.05) is 0 Å². The van der Waals surface area contributed by atoms with Crippen molar-refractivity contribution in [1.29, 1.82) is 0 Å². The van der Waals surface area contributed by atoms with Crippen LogP contribution in [0.1, 0.15) is 6.42 Å². The fourth-order valence-electron chi connectivity index (χ4n) is 0.393. The largest absolute Gasteiger partial charge is 0.400 e. The first kappa shape index (κ1) is 22.7. The normalized spacial score (nSPS) is 8.83. The van der Waals surface area contributed by atoms with Crippen molar-refractivity contribution in [2.75, 3.05) is 21.3 Å². The first-order valence-corrected chi connectivity index (χ1v) is 3.16. The van der Waals surface area contributed by atoms with Crippen LogP contribution in [0.5, 0.6) is 0 Å². The topological polar surface area (TPSA) is 60.7 Å². The van der Waals surface area contributed by atoms with Gasteiger partial charge in [-0.1, -0.05) is 24.3 Å². The van der Waals surface area contributed by atoms with Gasteiger partial charge in [0.1, 0.15) is 0 Å². The predicted octanol–water partition coefficient (Wildman–Crippen LogP) is 0.326. The molecule has 0 saturated heterocycles. The van der Waals surface area contributed by atoms with Crippen LogP contribution in [-0.4, -0.2) is 36.6 Å². The van der Waals surface area contributed by atoms with Crippen molar-refractivity contribution < 1.29 is 37.0 Å². The van der Waals surface area contributed by atoms with Gasteiger partial charge < -0.3 is 15.3 Å². The molecule has 0 aromatic carbocycles. The molecule has 3 N–H and O–H groups in total. The van der Waals surface area contributed by atoms with Crippen molar-refractivity contribution in [3.63, 3.8) is 0 Å². The van der Waals surface area contributed by atoms with Crippen molar-refractivity contribution >= 4 is 0 Å². The van der Waals surface area contributed by atoms with Crippen molar-refractivity contribution in [2.24, 2.45) is 0 Å². The van der Waals surface area contributed by atoms with Gasteiger partial charge >= 0.3 is 0 Å². The first-order chi connectivity index (χ1) is 5.50. The molecule has 0 saturated carbocycles. The second kappa shape index (κ2) is 43.7. The molecule has 1 aliphatic carbocycles. The first-order valence-electron chi connectivity index (χ1n) is 3.16. The third-order valence-electron chi connectivity index (χ3n) is 0.655. The van der Waals surface area contributed by atoms with Crippen LogP contribution in [0.3, 0.4) is 0 Å². The Morgan fingerprint density at radius 1 is 0.750 bits per heavy atom. The van der Waals surface area contributed by atoms with Crippen molar-refractivity contribution in [3.05, 3.63) is 24.3 Å². The Kier molecular flexibility index (Phi) is 82.6. The Balaban J connectivity index is -0.0000000406. The summed E-state index contributed by atoms with van der Waals surface area (Å²) in [5.74, 6) is 0. The molecule has 4 heteroatoms. The van der Waals surface area contributed by atoms with Gasteiger partial charge in [0.05, 0.1) is 0 Å². The minimum atomic E-state index is 0. The van der Waals surface area contributed by atoms with E-state index in [4.69, 9.17) is 15.3 Å². The number of hydrogen-bond donors (Lipinski definition) is 3. The standard InChI is InChI=1S/C5H6.3CH4O.Ti/c1-2-4-5-3-1;3*1-2;/h1-4H,5H2;3*2H,1H3;. The third kappa shape index (κ3) is 32.2. The molecule has 0 bridgehead atoms. The minimum absolute atomic E-state index is 0. The molecular weight excluding hydrogens is 192 g/mol. The summed E-state index contributed by atoms with van der Waals surface area (Å²) in [4.78, 5) is 0. The number of rotatable bonds is 0. The third-order valence-corrected chi connectivity index (χ3v) is 0.655. The molecule has 0 radical (unpaired) electrons. The number of aliphatic hydroxyl groups is 3. The Morgan fingerprint density at radius 2 is 1.00 bits per heavy atom.